The average molecular weight is 216 g/mol. The lowest BCUT2D eigenvalue weighted by Crippen LogP contribution is -2.20. The number of Topliss-reactive ketones (excluding diaryl/α,β-unsaturated/α-hetero) is 1. The Bertz CT molecular complexity index is 524. The smallest absolute Gasteiger partial charge is 0.228 e. The van der Waals surface area contributed by atoms with Crippen LogP contribution in [0, 0.1) is 13.8 Å². The Morgan fingerprint density at radius 3 is 2.12 bits per heavy atom. The van der Waals surface area contributed by atoms with Gasteiger partial charge in [-0.05, 0) is 25.0 Å². The first kappa shape index (κ1) is 10.6. The first-order valence-corrected chi connectivity index (χ1v) is 5.01. The molecule has 0 aliphatic heterocycles. The van der Waals surface area contributed by atoms with E-state index in [0.717, 1.165) is 11.1 Å². The molecule has 0 heterocycles. The van der Waals surface area contributed by atoms with E-state index in [4.69, 9.17) is 4.74 Å². The van der Waals surface area contributed by atoms with Crippen LogP contribution in [0.2, 0.25) is 0 Å². The molecule has 0 aromatic heterocycles. The first-order valence-electron chi connectivity index (χ1n) is 5.01. The number of hydrogen-bond acceptors (Lipinski definition) is 3. The third kappa shape index (κ3) is 1.36. The molecule has 16 heavy (non-hydrogen) atoms. The van der Waals surface area contributed by atoms with Crippen molar-refractivity contribution >= 4 is 11.6 Å². The molecule has 0 saturated carbocycles. The summed E-state index contributed by atoms with van der Waals surface area (Å²) in [6.45, 7) is 3.65. The van der Waals surface area contributed by atoms with Crippen molar-refractivity contribution < 1.29 is 14.3 Å². The average Bonchev–Trinajstić information content (AvgIpc) is 2.26. The molecule has 3 nitrogen and oxygen atoms in total. The largest absolute Gasteiger partial charge is 0.492 e. The lowest BCUT2D eigenvalue weighted by atomic mass is 9.87. The van der Waals surface area contributed by atoms with Crippen molar-refractivity contribution in [1.29, 1.82) is 0 Å². The van der Waals surface area contributed by atoms with Gasteiger partial charge >= 0.3 is 0 Å². The minimum atomic E-state index is -0.210. The van der Waals surface area contributed by atoms with Crippen LogP contribution in [0.15, 0.2) is 24.0 Å². The van der Waals surface area contributed by atoms with E-state index in [0.29, 0.717) is 11.1 Å². The zero-order valence-electron chi connectivity index (χ0n) is 9.46. The lowest BCUT2D eigenvalue weighted by molar-refractivity contribution is 0.0915. The predicted octanol–water partition coefficient (Wildman–Crippen LogP) is 2.21. The molecular formula is C13H12O3. The number of fused-ring (bicyclic) bond motifs is 1. The van der Waals surface area contributed by atoms with E-state index in [2.05, 4.69) is 0 Å². The number of aryl methyl sites for hydroxylation is 2. The Morgan fingerprint density at radius 1 is 1.00 bits per heavy atom. The Hall–Kier alpha value is -1.90. The van der Waals surface area contributed by atoms with Gasteiger partial charge < -0.3 is 4.74 Å². The lowest BCUT2D eigenvalue weighted by Gasteiger charge is -2.17. The van der Waals surface area contributed by atoms with E-state index in [1.807, 2.05) is 26.0 Å². The molecular weight excluding hydrogens is 204 g/mol. The molecule has 0 bridgehead atoms. The third-order valence-corrected chi connectivity index (χ3v) is 2.80. The standard InChI is InChI=1S/C13H12O3/c1-7-4-5-8(2)12-11(7)9(14)6-10(16-3)13(12)15/h4-6H,1-3H3. The summed E-state index contributed by atoms with van der Waals surface area (Å²) in [7, 11) is 1.40. The van der Waals surface area contributed by atoms with Crippen LogP contribution in [0.1, 0.15) is 31.8 Å². The monoisotopic (exact) mass is 216 g/mol. The molecule has 0 saturated heterocycles. The maximum atomic E-state index is 12.0. The van der Waals surface area contributed by atoms with Crippen LogP contribution < -0.4 is 0 Å². The summed E-state index contributed by atoms with van der Waals surface area (Å²) in [5.74, 6) is -0.253. The maximum absolute atomic E-state index is 12.0. The van der Waals surface area contributed by atoms with Crippen LogP contribution in [-0.2, 0) is 4.74 Å². The number of carbonyl (C=O) groups excluding carboxylic acids is 2. The number of ketones is 2. The number of benzene rings is 1. The predicted molar refractivity (Wildman–Crippen MR) is 59.7 cm³/mol. The molecule has 0 N–H and O–H groups in total. The van der Waals surface area contributed by atoms with E-state index in [9.17, 15) is 9.59 Å². The van der Waals surface area contributed by atoms with Gasteiger partial charge in [0.2, 0.25) is 5.78 Å². The van der Waals surface area contributed by atoms with Gasteiger partial charge in [0.05, 0.1) is 7.11 Å². The molecule has 1 aromatic rings. The minimum absolute atomic E-state index is 0.117. The number of methoxy groups -OCH3 is 1. The molecule has 0 radical (unpaired) electrons. The van der Waals surface area contributed by atoms with E-state index >= 15 is 0 Å². The fourth-order valence-corrected chi connectivity index (χ4v) is 1.95. The summed E-state index contributed by atoms with van der Waals surface area (Å²) in [5, 5.41) is 0. The van der Waals surface area contributed by atoms with Crippen LogP contribution >= 0.6 is 0 Å². The second-order valence-electron chi connectivity index (χ2n) is 3.86. The van der Waals surface area contributed by atoms with Gasteiger partial charge in [-0.1, -0.05) is 12.1 Å². The van der Waals surface area contributed by atoms with Crippen LogP contribution in [0.4, 0.5) is 0 Å². The fourth-order valence-electron chi connectivity index (χ4n) is 1.95. The molecule has 3 heteroatoms. The summed E-state index contributed by atoms with van der Waals surface area (Å²) < 4.78 is 4.92. The van der Waals surface area contributed by atoms with Crippen LogP contribution in [0.5, 0.6) is 0 Å². The Kier molecular flexibility index (Phi) is 2.38. The topological polar surface area (TPSA) is 43.4 Å². The van der Waals surface area contributed by atoms with Crippen LogP contribution in [0.3, 0.4) is 0 Å². The minimum Gasteiger partial charge on any atom is -0.492 e. The highest BCUT2D eigenvalue weighted by molar-refractivity contribution is 6.24. The van der Waals surface area contributed by atoms with E-state index in [1.165, 1.54) is 13.2 Å². The van der Waals surface area contributed by atoms with E-state index in [-0.39, 0.29) is 17.3 Å². The van der Waals surface area contributed by atoms with Crippen LogP contribution in [0.25, 0.3) is 0 Å². The van der Waals surface area contributed by atoms with Gasteiger partial charge in [0.15, 0.2) is 11.5 Å². The molecule has 0 amide bonds. The number of carbonyl (C=O) groups is 2. The van der Waals surface area contributed by atoms with Crippen molar-refractivity contribution in [1.82, 2.24) is 0 Å². The molecule has 1 aliphatic carbocycles. The molecule has 0 atom stereocenters. The Labute approximate surface area is 93.7 Å². The summed E-state index contributed by atoms with van der Waals surface area (Å²) in [6.07, 6.45) is 1.26. The van der Waals surface area contributed by atoms with Crippen molar-refractivity contribution in [3.63, 3.8) is 0 Å². The highest BCUT2D eigenvalue weighted by Crippen LogP contribution is 2.27. The van der Waals surface area contributed by atoms with Gasteiger partial charge in [-0.15, -0.1) is 0 Å². The van der Waals surface area contributed by atoms with Crippen molar-refractivity contribution in [3.05, 3.63) is 46.2 Å². The number of allylic oxidation sites excluding steroid dienone is 2. The third-order valence-electron chi connectivity index (χ3n) is 2.80. The molecule has 82 valence electrons. The van der Waals surface area contributed by atoms with Gasteiger partial charge in [0, 0.05) is 17.2 Å². The number of hydrogen-bond donors (Lipinski definition) is 0. The molecule has 2 rings (SSSR count). The summed E-state index contributed by atoms with van der Waals surface area (Å²) in [6, 6.07) is 3.70. The summed E-state index contributed by atoms with van der Waals surface area (Å²) in [5.41, 5.74) is 2.61. The highest BCUT2D eigenvalue weighted by Gasteiger charge is 2.28. The second-order valence-corrected chi connectivity index (χ2v) is 3.86. The number of rotatable bonds is 1. The van der Waals surface area contributed by atoms with Crippen molar-refractivity contribution in [2.45, 2.75) is 13.8 Å². The van der Waals surface area contributed by atoms with Crippen LogP contribution in [-0.4, -0.2) is 18.7 Å². The second kappa shape index (κ2) is 3.59. The maximum Gasteiger partial charge on any atom is 0.228 e. The van der Waals surface area contributed by atoms with Crippen molar-refractivity contribution in [3.8, 4) is 0 Å². The molecule has 1 aromatic carbocycles. The molecule has 1 aliphatic rings. The zero-order valence-corrected chi connectivity index (χ0v) is 9.46. The van der Waals surface area contributed by atoms with Gasteiger partial charge in [-0.2, -0.15) is 0 Å². The van der Waals surface area contributed by atoms with Gasteiger partial charge in [0.25, 0.3) is 0 Å². The Morgan fingerprint density at radius 2 is 1.56 bits per heavy atom. The van der Waals surface area contributed by atoms with Gasteiger partial charge in [-0.25, -0.2) is 0 Å². The first-order chi connectivity index (χ1) is 7.56. The molecule has 0 unspecified atom stereocenters. The van der Waals surface area contributed by atoms with Gasteiger partial charge in [-0.3, -0.25) is 9.59 Å². The van der Waals surface area contributed by atoms with Crippen molar-refractivity contribution in [2.75, 3.05) is 7.11 Å². The van der Waals surface area contributed by atoms with E-state index in [1.54, 1.807) is 0 Å². The fraction of sp³-hybridized carbons (Fsp3) is 0.231. The summed E-state index contributed by atoms with van der Waals surface area (Å²) in [4.78, 5) is 23.9. The normalized spacial score (nSPS) is 14.6. The summed E-state index contributed by atoms with van der Waals surface area (Å²) >= 11 is 0. The highest BCUT2D eigenvalue weighted by atomic mass is 16.5. The molecule has 0 fully saturated rings. The van der Waals surface area contributed by atoms with Crippen molar-refractivity contribution in [2.24, 2.45) is 0 Å². The SMILES string of the molecule is COC1=CC(=O)c2c(C)ccc(C)c2C1=O. The molecule has 0 spiro atoms. The van der Waals surface area contributed by atoms with Gasteiger partial charge in [0.1, 0.15) is 0 Å². The van der Waals surface area contributed by atoms with E-state index < -0.39 is 0 Å². The quantitative estimate of drug-likeness (QED) is 0.722. The Balaban J connectivity index is 2.75. The number of ether oxygens (including phenoxy) is 1. The zero-order chi connectivity index (χ0) is 11.9.